The van der Waals surface area contributed by atoms with Crippen LogP contribution in [-0.2, 0) is 19.1 Å². The second-order valence-electron chi connectivity index (χ2n) is 12.3. The van der Waals surface area contributed by atoms with Gasteiger partial charge in [-0.05, 0) is 63.0 Å². The lowest BCUT2D eigenvalue weighted by atomic mass is 9.71. The van der Waals surface area contributed by atoms with Gasteiger partial charge in [-0.25, -0.2) is 0 Å². The first kappa shape index (κ1) is 32.8. The summed E-state index contributed by atoms with van der Waals surface area (Å²) in [5.74, 6) is -1.96. The average molecular weight is 662 g/mol. The third kappa shape index (κ3) is 5.85. The maximum absolute atomic E-state index is 14.9. The Morgan fingerprint density at radius 2 is 1.93 bits per heavy atom. The number of rotatable bonds is 14. The first-order chi connectivity index (χ1) is 20.0. The van der Waals surface area contributed by atoms with Crippen LogP contribution in [0.5, 0.6) is 0 Å². The highest BCUT2D eigenvalue weighted by atomic mass is 79.9. The number of halogens is 1. The van der Waals surface area contributed by atoms with Gasteiger partial charge in [0, 0.05) is 22.3 Å². The lowest BCUT2D eigenvalue weighted by Crippen LogP contribution is -2.58. The van der Waals surface area contributed by atoms with E-state index < -0.39 is 28.7 Å². The Bertz CT molecular complexity index is 1190. The number of aryl methyl sites for hydroxylation is 2. The zero-order valence-corrected chi connectivity index (χ0v) is 27.7. The Morgan fingerprint density at radius 1 is 1.24 bits per heavy atom. The minimum Gasteiger partial charge on any atom is -0.465 e. The molecule has 7 atom stereocenters. The molecule has 1 spiro atoms. The maximum Gasteiger partial charge on any atom is 0.310 e. The third-order valence-electron chi connectivity index (χ3n) is 8.91. The van der Waals surface area contributed by atoms with Crippen molar-refractivity contribution in [2.45, 2.75) is 86.7 Å². The molecule has 0 saturated carbocycles. The van der Waals surface area contributed by atoms with Crippen molar-refractivity contribution < 1.29 is 24.2 Å². The van der Waals surface area contributed by atoms with Crippen LogP contribution in [0, 0.1) is 31.6 Å². The summed E-state index contributed by atoms with van der Waals surface area (Å²) in [5.41, 5.74) is 2.72. The number of hydrogen-bond donors (Lipinski definition) is 1. The number of thioether (sulfide) groups is 1. The molecule has 0 aliphatic carbocycles. The Labute approximate surface area is 263 Å². The minimum absolute atomic E-state index is 0.0501. The number of fused-ring (bicyclic) bond motifs is 1. The molecule has 1 aromatic rings. The Balaban J connectivity index is 1.79. The number of para-hydroxylation sites is 1. The predicted octanol–water partition coefficient (Wildman–Crippen LogP) is 5.59. The number of esters is 1. The summed E-state index contributed by atoms with van der Waals surface area (Å²) in [6, 6.07) is 4.53. The molecule has 3 saturated heterocycles. The number of benzene rings is 1. The van der Waals surface area contributed by atoms with Crippen molar-refractivity contribution in [3.05, 3.63) is 54.6 Å². The Morgan fingerprint density at radius 3 is 2.52 bits per heavy atom. The van der Waals surface area contributed by atoms with Crippen molar-refractivity contribution in [1.82, 2.24) is 4.90 Å². The standard InChI is InChI=1S/C33H45BrN2O5S/c1-7-9-10-11-16-41-32(40)25-26-30(38)36(23(19-37)17-20(3)4)29(33(26)18-24(34)28(25)42-33)31(39)35(15-8-2)27-21(5)13-12-14-22(27)6/h7-8,12-14,20,23-26,28-29,37H,1-2,9-11,15-19H2,3-6H3/t23-,24?,25+,26+,28+,29?,33?/m1/s1. The van der Waals surface area contributed by atoms with E-state index in [1.54, 1.807) is 27.6 Å². The number of aliphatic hydroxyl groups excluding tert-OH is 1. The van der Waals surface area contributed by atoms with E-state index in [9.17, 15) is 19.5 Å². The smallest absolute Gasteiger partial charge is 0.310 e. The average Bonchev–Trinajstić information content (AvgIpc) is 3.53. The van der Waals surface area contributed by atoms with Gasteiger partial charge in [-0.15, -0.1) is 24.9 Å². The molecule has 0 aromatic heterocycles. The molecule has 42 heavy (non-hydrogen) atoms. The monoisotopic (exact) mass is 660 g/mol. The number of anilines is 1. The fourth-order valence-electron chi connectivity index (χ4n) is 7.29. The second-order valence-corrected chi connectivity index (χ2v) is 15.0. The van der Waals surface area contributed by atoms with E-state index in [0.717, 1.165) is 36.1 Å². The van der Waals surface area contributed by atoms with Gasteiger partial charge in [-0.3, -0.25) is 14.4 Å². The highest BCUT2D eigenvalue weighted by Crippen LogP contribution is 2.68. The summed E-state index contributed by atoms with van der Waals surface area (Å²) in [6.45, 7) is 16.0. The number of unbranched alkanes of at least 4 members (excludes halogenated alkanes) is 2. The number of hydrogen-bond acceptors (Lipinski definition) is 6. The molecule has 3 aliphatic rings. The minimum atomic E-state index is -0.842. The molecule has 4 rings (SSSR count). The fourth-order valence-corrected chi connectivity index (χ4v) is 10.9. The van der Waals surface area contributed by atoms with E-state index in [-0.39, 0.29) is 46.9 Å². The van der Waals surface area contributed by atoms with Gasteiger partial charge in [0.05, 0.1) is 35.8 Å². The molecule has 7 nitrogen and oxygen atoms in total. The first-order valence-electron chi connectivity index (χ1n) is 15.0. The molecule has 3 unspecified atom stereocenters. The van der Waals surface area contributed by atoms with E-state index in [1.165, 1.54) is 0 Å². The van der Waals surface area contributed by atoms with Crippen LogP contribution in [0.15, 0.2) is 43.5 Å². The van der Waals surface area contributed by atoms with E-state index in [0.29, 0.717) is 19.4 Å². The van der Waals surface area contributed by atoms with Gasteiger partial charge in [-0.2, -0.15) is 0 Å². The number of ether oxygens (including phenoxy) is 1. The van der Waals surface area contributed by atoms with Crippen molar-refractivity contribution in [1.29, 1.82) is 0 Å². The Kier molecular flexibility index (Phi) is 10.7. The zero-order valence-electron chi connectivity index (χ0n) is 25.3. The van der Waals surface area contributed by atoms with Crippen LogP contribution in [0.4, 0.5) is 5.69 Å². The number of likely N-dealkylation sites (tertiary alicyclic amines) is 1. The van der Waals surface area contributed by atoms with Gasteiger partial charge < -0.3 is 19.6 Å². The molecule has 3 fully saturated rings. The molecule has 2 bridgehead atoms. The molecule has 1 aromatic carbocycles. The number of nitrogens with zero attached hydrogens (tertiary/aromatic N) is 2. The summed E-state index contributed by atoms with van der Waals surface area (Å²) in [5, 5.41) is 10.4. The van der Waals surface area contributed by atoms with Crippen molar-refractivity contribution in [3.63, 3.8) is 0 Å². The lowest BCUT2D eigenvalue weighted by Gasteiger charge is -2.40. The third-order valence-corrected chi connectivity index (χ3v) is 12.1. The van der Waals surface area contributed by atoms with Gasteiger partial charge >= 0.3 is 5.97 Å². The molecular weight excluding hydrogens is 616 g/mol. The SMILES string of the molecule is C=CCCCCOC(=O)[C@H]1[C@H]2C(=O)N([C@@H](CO)CC(C)C)C(C(=O)N(CC=C)c3c(C)cccc3C)C23CC(Br)[C@@H]1S3. The van der Waals surface area contributed by atoms with Crippen LogP contribution >= 0.6 is 27.7 Å². The fraction of sp³-hybridized carbons (Fsp3) is 0.606. The van der Waals surface area contributed by atoms with Crippen LogP contribution < -0.4 is 4.90 Å². The molecular formula is C33H45BrN2O5S. The maximum atomic E-state index is 14.9. The van der Waals surface area contributed by atoms with Crippen molar-refractivity contribution in [2.75, 3.05) is 24.7 Å². The summed E-state index contributed by atoms with van der Waals surface area (Å²) >= 11 is 5.42. The van der Waals surface area contributed by atoms with Gasteiger partial charge in [0.15, 0.2) is 0 Å². The number of aliphatic hydroxyl groups is 1. The molecule has 9 heteroatoms. The van der Waals surface area contributed by atoms with E-state index in [1.807, 2.05) is 52.0 Å². The summed E-state index contributed by atoms with van der Waals surface area (Å²) < 4.78 is 4.94. The highest BCUT2D eigenvalue weighted by molar-refractivity contribution is 9.09. The van der Waals surface area contributed by atoms with Crippen molar-refractivity contribution >= 4 is 51.2 Å². The predicted molar refractivity (Wildman–Crippen MR) is 173 cm³/mol. The van der Waals surface area contributed by atoms with Gasteiger partial charge in [0.2, 0.25) is 5.91 Å². The summed E-state index contributed by atoms with van der Waals surface area (Å²) in [6.07, 6.45) is 7.13. The normalized spacial score (nSPS) is 28.6. The summed E-state index contributed by atoms with van der Waals surface area (Å²) in [7, 11) is 0. The van der Waals surface area contributed by atoms with Crippen molar-refractivity contribution in [2.24, 2.45) is 17.8 Å². The van der Waals surface area contributed by atoms with Crippen LogP contribution in [0.2, 0.25) is 0 Å². The van der Waals surface area contributed by atoms with Crippen LogP contribution in [0.25, 0.3) is 0 Å². The molecule has 1 N–H and O–H groups in total. The zero-order chi connectivity index (χ0) is 30.8. The number of amides is 2. The molecule has 0 radical (unpaired) electrons. The number of carbonyl (C=O) groups is 3. The van der Waals surface area contributed by atoms with E-state index in [4.69, 9.17) is 4.74 Å². The summed E-state index contributed by atoms with van der Waals surface area (Å²) in [4.78, 5) is 46.4. The molecule has 2 amide bonds. The number of carbonyl (C=O) groups excluding carboxylic acids is 3. The van der Waals surface area contributed by atoms with Crippen LogP contribution in [0.3, 0.4) is 0 Å². The quantitative estimate of drug-likeness (QED) is 0.121. The number of alkyl halides is 1. The van der Waals surface area contributed by atoms with Crippen LogP contribution in [-0.4, -0.2) is 74.5 Å². The lowest BCUT2D eigenvalue weighted by molar-refractivity contribution is -0.154. The topological polar surface area (TPSA) is 87.1 Å². The molecule has 230 valence electrons. The Hall–Kier alpha value is -2.10. The van der Waals surface area contributed by atoms with E-state index in [2.05, 4.69) is 29.1 Å². The van der Waals surface area contributed by atoms with Crippen LogP contribution in [0.1, 0.15) is 57.1 Å². The van der Waals surface area contributed by atoms with E-state index >= 15 is 0 Å². The van der Waals surface area contributed by atoms with Gasteiger partial charge in [-0.1, -0.05) is 60.1 Å². The van der Waals surface area contributed by atoms with Gasteiger partial charge in [0.25, 0.3) is 5.91 Å². The van der Waals surface area contributed by atoms with Gasteiger partial charge in [0.1, 0.15) is 6.04 Å². The largest absolute Gasteiger partial charge is 0.465 e. The molecule has 3 aliphatic heterocycles. The first-order valence-corrected chi connectivity index (χ1v) is 16.8. The number of allylic oxidation sites excluding steroid dienone is 1. The highest BCUT2D eigenvalue weighted by Gasteiger charge is 2.76. The molecule has 3 heterocycles. The van der Waals surface area contributed by atoms with Crippen molar-refractivity contribution in [3.8, 4) is 0 Å². The second kappa shape index (κ2) is 13.7.